The standard InChI is InChI=1S/C17H17N5O3S/c1-26(24,25)15-9-7-13(8-10-15)11-18-16(23)12-22-20-17(19-21-22)14-5-3-2-4-6-14/h2-10H,11-12H2,1H3,(H,18,23). The van der Waals surface area contributed by atoms with Crippen LogP contribution in [0, 0.1) is 0 Å². The molecule has 0 atom stereocenters. The molecule has 0 bridgehead atoms. The molecule has 8 nitrogen and oxygen atoms in total. The van der Waals surface area contributed by atoms with E-state index in [0.29, 0.717) is 5.82 Å². The van der Waals surface area contributed by atoms with Crippen molar-refractivity contribution in [3.63, 3.8) is 0 Å². The fraction of sp³-hybridized carbons (Fsp3) is 0.176. The van der Waals surface area contributed by atoms with E-state index in [1.54, 1.807) is 12.1 Å². The number of rotatable bonds is 6. The predicted octanol–water partition coefficient (Wildman–Crippen LogP) is 1.06. The number of hydrogen-bond donors (Lipinski definition) is 1. The molecule has 0 saturated carbocycles. The Morgan fingerprint density at radius 2 is 1.77 bits per heavy atom. The summed E-state index contributed by atoms with van der Waals surface area (Å²) < 4.78 is 22.9. The monoisotopic (exact) mass is 371 g/mol. The summed E-state index contributed by atoms with van der Waals surface area (Å²) >= 11 is 0. The van der Waals surface area contributed by atoms with E-state index in [2.05, 4.69) is 20.7 Å². The zero-order valence-corrected chi connectivity index (χ0v) is 14.8. The van der Waals surface area contributed by atoms with Crippen molar-refractivity contribution < 1.29 is 13.2 Å². The van der Waals surface area contributed by atoms with Crippen molar-refractivity contribution in [1.29, 1.82) is 0 Å². The number of tetrazole rings is 1. The second kappa shape index (κ2) is 7.44. The number of nitrogens with one attached hydrogen (secondary N) is 1. The van der Waals surface area contributed by atoms with Gasteiger partial charge in [-0.05, 0) is 22.9 Å². The van der Waals surface area contributed by atoms with Crippen LogP contribution in [0.15, 0.2) is 59.5 Å². The SMILES string of the molecule is CS(=O)(=O)c1ccc(CNC(=O)Cn2nnc(-c3ccccc3)n2)cc1. The molecule has 0 saturated heterocycles. The first-order valence-corrected chi connectivity index (χ1v) is 9.70. The molecule has 26 heavy (non-hydrogen) atoms. The second-order valence-electron chi connectivity index (χ2n) is 5.70. The van der Waals surface area contributed by atoms with Crippen LogP contribution in [0.5, 0.6) is 0 Å². The lowest BCUT2D eigenvalue weighted by atomic mass is 10.2. The highest BCUT2D eigenvalue weighted by Crippen LogP contribution is 2.12. The lowest BCUT2D eigenvalue weighted by molar-refractivity contribution is -0.122. The van der Waals surface area contributed by atoms with Crippen LogP contribution in [0.4, 0.5) is 0 Å². The van der Waals surface area contributed by atoms with Gasteiger partial charge in [0.1, 0.15) is 6.54 Å². The second-order valence-corrected chi connectivity index (χ2v) is 7.72. The van der Waals surface area contributed by atoms with Crippen molar-refractivity contribution in [2.45, 2.75) is 18.0 Å². The van der Waals surface area contributed by atoms with E-state index in [4.69, 9.17) is 0 Å². The molecule has 0 spiro atoms. The number of benzene rings is 2. The van der Waals surface area contributed by atoms with Crippen LogP contribution in [-0.4, -0.2) is 40.8 Å². The molecule has 0 fully saturated rings. The van der Waals surface area contributed by atoms with Crippen molar-refractivity contribution in [2.75, 3.05) is 6.26 Å². The number of nitrogens with zero attached hydrogens (tertiary/aromatic N) is 4. The predicted molar refractivity (Wildman–Crippen MR) is 94.7 cm³/mol. The molecular weight excluding hydrogens is 354 g/mol. The molecule has 3 rings (SSSR count). The number of aromatic nitrogens is 4. The van der Waals surface area contributed by atoms with Crippen LogP contribution in [0.1, 0.15) is 5.56 Å². The van der Waals surface area contributed by atoms with Gasteiger partial charge in [-0.2, -0.15) is 4.80 Å². The fourth-order valence-corrected chi connectivity index (χ4v) is 2.88. The maximum atomic E-state index is 12.0. The zero-order chi connectivity index (χ0) is 18.6. The van der Waals surface area contributed by atoms with Crippen molar-refractivity contribution in [3.8, 4) is 11.4 Å². The number of sulfone groups is 1. The van der Waals surface area contributed by atoms with Crippen LogP contribution in [-0.2, 0) is 27.7 Å². The molecule has 0 aliphatic rings. The largest absolute Gasteiger partial charge is 0.350 e. The Balaban J connectivity index is 1.55. The van der Waals surface area contributed by atoms with E-state index < -0.39 is 9.84 Å². The molecule has 1 N–H and O–H groups in total. The first kappa shape index (κ1) is 17.7. The summed E-state index contributed by atoms with van der Waals surface area (Å²) in [6.07, 6.45) is 1.15. The lowest BCUT2D eigenvalue weighted by Crippen LogP contribution is -2.28. The van der Waals surface area contributed by atoms with Crippen LogP contribution in [0.3, 0.4) is 0 Å². The smallest absolute Gasteiger partial charge is 0.243 e. The van der Waals surface area contributed by atoms with E-state index in [0.717, 1.165) is 17.4 Å². The van der Waals surface area contributed by atoms with Crippen LogP contribution in [0.2, 0.25) is 0 Å². The summed E-state index contributed by atoms with van der Waals surface area (Å²) in [4.78, 5) is 13.5. The minimum Gasteiger partial charge on any atom is -0.350 e. The minimum atomic E-state index is -3.23. The molecule has 3 aromatic rings. The molecule has 0 aliphatic carbocycles. The zero-order valence-electron chi connectivity index (χ0n) is 14.0. The average Bonchev–Trinajstić information content (AvgIpc) is 3.09. The Morgan fingerprint density at radius 1 is 1.08 bits per heavy atom. The van der Waals surface area contributed by atoms with E-state index >= 15 is 0 Å². The van der Waals surface area contributed by atoms with E-state index in [1.807, 2.05) is 30.3 Å². The third-order valence-corrected chi connectivity index (χ3v) is 4.74. The van der Waals surface area contributed by atoms with E-state index in [1.165, 1.54) is 16.9 Å². The average molecular weight is 371 g/mol. The highest BCUT2D eigenvalue weighted by Gasteiger charge is 2.10. The normalized spacial score (nSPS) is 11.3. The molecule has 0 radical (unpaired) electrons. The van der Waals surface area contributed by atoms with Crippen molar-refractivity contribution in [3.05, 3.63) is 60.2 Å². The number of hydrogen-bond acceptors (Lipinski definition) is 6. The number of amides is 1. The van der Waals surface area contributed by atoms with Crippen molar-refractivity contribution >= 4 is 15.7 Å². The van der Waals surface area contributed by atoms with Gasteiger partial charge >= 0.3 is 0 Å². The summed E-state index contributed by atoms with van der Waals surface area (Å²) in [7, 11) is -3.23. The van der Waals surface area contributed by atoms with Gasteiger partial charge in [0.05, 0.1) is 4.90 Å². The Bertz CT molecular complexity index is 998. The van der Waals surface area contributed by atoms with E-state index in [-0.39, 0.29) is 23.9 Å². The molecule has 1 aromatic heterocycles. The van der Waals surface area contributed by atoms with Gasteiger partial charge in [-0.1, -0.05) is 42.5 Å². The van der Waals surface area contributed by atoms with Gasteiger partial charge in [0.15, 0.2) is 9.84 Å². The van der Waals surface area contributed by atoms with Crippen molar-refractivity contribution in [2.24, 2.45) is 0 Å². The molecular formula is C17H17N5O3S. The summed E-state index contributed by atoms with van der Waals surface area (Å²) in [6.45, 7) is 0.227. The van der Waals surface area contributed by atoms with Gasteiger partial charge in [-0.25, -0.2) is 8.42 Å². The van der Waals surface area contributed by atoms with Gasteiger partial charge in [0, 0.05) is 18.4 Å². The van der Waals surface area contributed by atoms with Gasteiger partial charge in [0.25, 0.3) is 0 Å². The highest BCUT2D eigenvalue weighted by atomic mass is 32.2. The Labute approximate surface area is 150 Å². The topological polar surface area (TPSA) is 107 Å². The third kappa shape index (κ3) is 4.51. The maximum absolute atomic E-state index is 12.0. The van der Waals surface area contributed by atoms with Crippen molar-refractivity contribution in [1.82, 2.24) is 25.5 Å². The van der Waals surface area contributed by atoms with Crippen LogP contribution >= 0.6 is 0 Å². The molecule has 9 heteroatoms. The van der Waals surface area contributed by atoms with Crippen LogP contribution in [0.25, 0.3) is 11.4 Å². The Morgan fingerprint density at radius 3 is 2.42 bits per heavy atom. The first-order valence-electron chi connectivity index (χ1n) is 7.81. The molecule has 1 heterocycles. The Hall–Kier alpha value is -3.07. The summed E-state index contributed by atoms with van der Waals surface area (Å²) in [5, 5.41) is 14.7. The summed E-state index contributed by atoms with van der Waals surface area (Å²) in [5.41, 5.74) is 1.62. The quantitative estimate of drug-likeness (QED) is 0.694. The summed E-state index contributed by atoms with van der Waals surface area (Å²) in [5.74, 6) is 0.184. The molecule has 134 valence electrons. The van der Waals surface area contributed by atoms with E-state index in [9.17, 15) is 13.2 Å². The minimum absolute atomic E-state index is 0.0543. The molecule has 0 aliphatic heterocycles. The summed E-state index contributed by atoms with van der Waals surface area (Å²) in [6, 6.07) is 15.7. The van der Waals surface area contributed by atoms with Gasteiger partial charge < -0.3 is 5.32 Å². The molecule has 0 unspecified atom stereocenters. The third-order valence-electron chi connectivity index (χ3n) is 3.61. The first-order chi connectivity index (χ1) is 12.4. The van der Waals surface area contributed by atoms with Gasteiger partial charge in [-0.3, -0.25) is 4.79 Å². The highest BCUT2D eigenvalue weighted by molar-refractivity contribution is 7.90. The number of carbonyl (C=O) groups is 1. The Kier molecular flexibility index (Phi) is 5.08. The number of carbonyl (C=O) groups excluding carboxylic acids is 1. The molecule has 1 amide bonds. The lowest BCUT2D eigenvalue weighted by Gasteiger charge is -2.05. The maximum Gasteiger partial charge on any atom is 0.243 e. The van der Waals surface area contributed by atoms with Gasteiger partial charge in [-0.15, -0.1) is 10.2 Å². The van der Waals surface area contributed by atoms with Gasteiger partial charge in [0.2, 0.25) is 11.7 Å². The fourth-order valence-electron chi connectivity index (χ4n) is 2.25. The molecule has 2 aromatic carbocycles. The van der Waals surface area contributed by atoms with Crippen LogP contribution < -0.4 is 5.32 Å².